The van der Waals surface area contributed by atoms with Gasteiger partial charge in [0.25, 0.3) is 0 Å². The summed E-state index contributed by atoms with van der Waals surface area (Å²) in [5.74, 6) is 0.379. The zero-order valence-electron chi connectivity index (χ0n) is 10.5. The van der Waals surface area contributed by atoms with Gasteiger partial charge in [0.2, 0.25) is 10.0 Å². The number of benzene rings is 1. The fourth-order valence-corrected chi connectivity index (χ4v) is 3.94. The van der Waals surface area contributed by atoms with Crippen LogP contribution in [0.1, 0.15) is 25.7 Å². The average molecular weight is 322 g/mol. The van der Waals surface area contributed by atoms with Gasteiger partial charge in [0.15, 0.2) is 0 Å². The molecule has 1 aliphatic rings. The van der Waals surface area contributed by atoms with Crippen LogP contribution in [0.25, 0.3) is 0 Å². The molecule has 0 unspecified atom stereocenters. The highest BCUT2D eigenvalue weighted by Crippen LogP contribution is 2.27. The highest BCUT2D eigenvalue weighted by atomic mass is 35.5. The van der Waals surface area contributed by atoms with Crippen molar-refractivity contribution in [2.45, 2.75) is 36.0 Å². The molecule has 0 spiro atoms. The minimum absolute atomic E-state index is 0.214. The van der Waals surface area contributed by atoms with E-state index < -0.39 is 10.0 Å². The number of hydrogen-bond acceptors (Lipinski definition) is 2. The second-order valence-corrected chi connectivity index (χ2v) is 7.75. The summed E-state index contributed by atoms with van der Waals surface area (Å²) >= 11 is 11.8. The first-order valence-electron chi connectivity index (χ1n) is 6.36. The van der Waals surface area contributed by atoms with Crippen LogP contribution in [0.4, 0.5) is 0 Å². The van der Waals surface area contributed by atoms with Gasteiger partial charge in [-0.05, 0) is 49.8 Å². The number of rotatable bonds is 4. The highest BCUT2D eigenvalue weighted by molar-refractivity contribution is 7.89. The van der Waals surface area contributed by atoms with Crippen molar-refractivity contribution in [3.05, 3.63) is 29.3 Å². The molecule has 0 aromatic heterocycles. The Morgan fingerprint density at radius 3 is 2.53 bits per heavy atom. The zero-order valence-corrected chi connectivity index (χ0v) is 12.8. The van der Waals surface area contributed by atoms with E-state index in [0.29, 0.717) is 17.5 Å². The molecule has 0 radical (unpaired) electrons. The molecule has 106 valence electrons. The molecule has 1 aromatic rings. The Kier molecular flexibility index (Phi) is 5.12. The van der Waals surface area contributed by atoms with E-state index in [1.807, 2.05) is 0 Å². The van der Waals surface area contributed by atoms with Crippen LogP contribution in [-0.4, -0.2) is 20.3 Å². The van der Waals surface area contributed by atoms with Crippen molar-refractivity contribution >= 4 is 33.2 Å². The van der Waals surface area contributed by atoms with Gasteiger partial charge in [-0.1, -0.05) is 17.7 Å². The molecule has 1 aromatic carbocycles. The van der Waals surface area contributed by atoms with Gasteiger partial charge in [0.1, 0.15) is 0 Å². The Morgan fingerprint density at radius 2 is 1.89 bits per heavy atom. The molecule has 2 rings (SSSR count). The third-order valence-electron chi connectivity index (χ3n) is 3.44. The predicted molar refractivity (Wildman–Crippen MR) is 78.2 cm³/mol. The minimum Gasteiger partial charge on any atom is -0.211 e. The maximum Gasteiger partial charge on any atom is 0.240 e. The van der Waals surface area contributed by atoms with E-state index in [2.05, 4.69) is 4.72 Å². The summed E-state index contributed by atoms with van der Waals surface area (Å²) in [7, 11) is -3.46. The average Bonchev–Trinajstić information content (AvgIpc) is 2.38. The van der Waals surface area contributed by atoms with Gasteiger partial charge in [-0.25, -0.2) is 13.1 Å². The summed E-state index contributed by atoms with van der Waals surface area (Å²) < 4.78 is 26.8. The second kappa shape index (κ2) is 6.44. The predicted octanol–water partition coefficient (Wildman–Crippen LogP) is 3.42. The molecule has 1 N–H and O–H groups in total. The normalized spacial score (nSPS) is 24.3. The van der Waals surface area contributed by atoms with Crippen molar-refractivity contribution in [2.75, 3.05) is 6.54 Å². The minimum atomic E-state index is -3.46. The summed E-state index contributed by atoms with van der Waals surface area (Å²) in [5.41, 5.74) is 0. The fourth-order valence-electron chi connectivity index (χ4n) is 2.27. The van der Waals surface area contributed by atoms with E-state index in [1.165, 1.54) is 6.07 Å². The van der Waals surface area contributed by atoms with Gasteiger partial charge in [0, 0.05) is 16.9 Å². The van der Waals surface area contributed by atoms with Gasteiger partial charge in [0.05, 0.1) is 4.90 Å². The molecule has 1 saturated carbocycles. The van der Waals surface area contributed by atoms with Crippen molar-refractivity contribution in [3.8, 4) is 0 Å². The van der Waals surface area contributed by atoms with E-state index in [-0.39, 0.29) is 10.3 Å². The van der Waals surface area contributed by atoms with Gasteiger partial charge in [-0.2, -0.15) is 0 Å². The first kappa shape index (κ1) is 15.1. The highest BCUT2D eigenvalue weighted by Gasteiger charge is 2.22. The summed E-state index contributed by atoms with van der Waals surface area (Å²) in [4.78, 5) is 0.214. The number of halogens is 2. The van der Waals surface area contributed by atoms with Crippen molar-refractivity contribution in [3.63, 3.8) is 0 Å². The van der Waals surface area contributed by atoms with Crippen LogP contribution >= 0.6 is 23.2 Å². The maximum absolute atomic E-state index is 12.1. The van der Waals surface area contributed by atoms with E-state index in [1.54, 1.807) is 18.2 Å². The molecule has 19 heavy (non-hydrogen) atoms. The van der Waals surface area contributed by atoms with Crippen LogP contribution in [0, 0.1) is 5.92 Å². The van der Waals surface area contributed by atoms with E-state index >= 15 is 0 Å². The molecule has 1 aliphatic carbocycles. The quantitative estimate of drug-likeness (QED) is 0.864. The lowest BCUT2D eigenvalue weighted by atomic mass is 9.89. The molecule has 0 aliphatic heterocycles. The molecule has 6 heteroatoms. The van der Waals surface area contributed by atoms with Crippen molar-refractivity contribution in [1.82, 2.24) is 4.72 Å². The zero-order chi connectivity index (χ0) is 13.9. The number of alkyl halides is 1. The van der Waals surface area contributed by atoms with Crippen LogP contribution in [-0.2, 0) is 10.0 Å². The summed E-state index contributed by atoms with van der Waals surface area (Å²) in [6, 6.07) is 6.29. The lowest BCUT2D eigenvalue weighted by Gasteiger charge is -2.25. The topological polar surface area (TPSA) is 46.2 Å². The Labute approximate surface area is 124 Å². The van der Waals surface area contributed by atoms with Crippen LogP contribution in [0.3, 0.4) is 0 Å². The first-order chi connectivity index (χ1) is 8.97. The third kappa shape index (κ3) is 4.35. The van der Waals surface area contributed by atoms with Crippen LogP contribution in [0.5, 0.6) is 0 Å². The molecule has 0 amide bonds. The first-order valence-corrected chi connectivity index (χ1v) is 8.66. The number of nitrogens with one attached hydrogen (secondary N) is 1. The number of sulfonamides is 1. The lowest BCUT2D eigenvalue weighted by Crippen LogP contribution is -2.31. The molecule has 1 fully saturated rings. The molecule has 0 bridgehead atoms. The standard InChI is InChI=1S/C13H17Cl2NO2S/c14-11-6-4-10(5-7-11)9-16-19(17,18)13-3-1-2-12(15)8-13/h1-3,8,10-11,16H,4-7,9H2. The molecule has 0 saturated heterocycles. The Balaban J connectivity index is 1.95. The molecular weight excluding hydrogens is 305 g/mol. The second-order valence-electron chi connectivity index (χ2n) is 4.93. The Bertz CT molecular complexity index is 525. The maximum atomic E-state index is 12.1. The Morgan fingerprint density at radius 1 is 1.21 bits per heavy atom. The molecule has 0 atom stereocenters. The van der Waals surface area contributed by atoms with E-state index in [4.69, 9.17) is 23.2 Å². The third-order valence-corrected chi connectivity index (χ3v) is 5.54. The summed E-state index contributed by atoms with van der Waals surface area (Å²) in [6.07, 6.45) is 3.88. The lowest BCUT2D eigenvalue weighted by molar-refractivity contribution is 0.361. The van der Waals surface area contributed by atoms with Crippen LogP contribution in [0.2, 0.25) is 5.02 Å². The van der Waals surface area contributed by atoms with Gasteiger partial charge < -0.3 is 0 Å². The largest absolute Gasteiger partial charge is 0.240 e. The molecule has 3 nitrogen and oxygen atoms in total. The smallest absolute Gasteiger partial charge is 0.211 e. The SMILES string of the molecule is O=S(=O)(NCC1CCC(Cl)CC1)c1cccc(Cl)c1. The van der Waals surface area contributed by atoms with Gasteiger partial charge in [-0.3, -0.25) is 0 Å². The molecule has 0 heterocycles. The van der Waals surface area contributed by atoms with E-state index in [0.717, 1.165) is 25.7 Å². The summed E-state index contributed by atoms with van der Waals surface area (Å²) in [5, 5.41) is 0.673. The van der Waals surface area contributed by atoms with Crippen LogP contribution < -0.4 is 4.72 Å². The Hall–Kier alpha value is -0.290. The van der Waals surface area contributed by atoms with Gasteiger partial charge in [-0.15, -0.1) is 11.6 Å². The van der Waals surface area contributed by atoms with Crippen molar-refractivity contribution in [2.24, 2.45) is 5.92 Å². The summed E-state index contributed by atoms with van der Waals surface area (Å²) in [6.45, 7) is 0.471. The number of hydrogen-bond donors (Lipinski definition) is 1. The van der Waals surface area contributed by atoms with E-state index in [9.17, 15) is 8.42 Å². The molecular formula is C13H17Cl2NO2S. The van der Waals surface area contributed by atoms with Crippen molar-refractivity contribution in [1.29, 1.82) is 0 Å². The monoisotopic (exact) mass is 321 g/mol. The van der Waals surface area contributed by atoms with Crippen LogP contribution in [0.15, 0.2) is 29.2 Å². The van der Waals surface area contributed by atoms with Gasteiger partial charge >= 0.3 is 0 Å². The van der Waals surface area contributed by atoms with Crippen molar-refractivity contribution < 1.29 is 8.42 Å². The fraction of sp³-hybridized carbons (Fsp3) is 0.538.